The molecule has 96 valence electrons. The second-order valence-electron chi connectivity index (χ2n) is 3.62. The van der Waals surface area contributed by atoms with E-state index < -0.39 is 17.6 Å². The number of halogens is 4. The molecule has 0 spiro atoms. The van der Waals surface area contributed by atoms with Gasteiger partial charge in [0.05, 0.1) is 5.56 Å². The number of rotatable bonds is 5. The maximum Gasteiger partial charge on any atom is 0.416 e. The normalized spacial score (nSPS) is 11.8. The number of alkyl halides is 3. The number of nitrogens with two attached hydrogens (primary N) is 1. The Morgan fingerprint density at radius 3 is 2.53 bits per heavy atom. The fraction of sp³-hybridized carbons (Fsp3) is 0.455. The van der Waals surface area contributed by atoms with Gasteiger partial charge in [0, 0.05) is 12.1 Å². The average Bonchev–Trinajstić information content (AvgIpc) is 2.25. The monoisotopic (exact) mass is 250 g/mol. The van der Waals surface area contributed by atoms with Gasteiger partial charge in [-0.05, 0) is 37.7 Å². The van der Waals surface area contributed by atoms with Crippen LogP contribution in [0.4, 0.5) is 17.6 Å². The van der Waals surface area contributed by atoms with Gasteiger partial charge in [0.15, 0.2) is 0 Å². The third-order valence-electron chi connectivity index (χ3n) is 2.25. The molecule has 3 N–H and O–H groups in total. The second-order valence-corrected chi connectivity index (χ2v) is 3.62. The Kier molecular flexibility index (Phi) is 4.89. The molecule has 17 heavy (non-hydrogen) atoms. The van der Waals surface area contributed by atoms with Gasteiger partial charge in [-0.3, -0.25) is 0 Å². The highest BCUT2D eigenvalue weighted by atomic mass is 19.4. The van der Waals surface area contributed by atoms with Gasteiger partial charge in [-0.2, -0.15) is 13.2 Å². The molecule has 0 saturated heterocycles. The summed E-state index contributed by atoms with van der Waals surface area (Å²) in [7, 11) is 0. The third kappa shape index (κ3) is 4.32. The zero-order chi connectivity index (χ0) is 12.9. The number of nitrogens with one attached hydrogen (secondary N) is 1. The van der Waals surface area contributed by atoms with Gasteiger partial charge >= 0.3 is 6.18 Å². The van der Waals surface area contributed by atoms with Crippen LogP contribution in [0.25, 0.3) is 0 Å². The van der Waals surface area contributed by atoms with Crippen LogP contribution >= 0.6 is 0 Å². The first-order valence-corrected chi connectivity index (χ1v) is 5.21. The Labute approximate surface area is 96.8 Å². The van der Waals surface area contributed by atoms with Crippen LogP contribution in [-0.4, -0.2) is 13.1 Å². The SMILES string of the molecule is NCCCNCc1cc(C(F)(F)F)ccc1F. The zero-order valence-electron chi connectivity index (χ0n) is 9.15. The lowest BCUT2D eigenvalue weighted by molar-refractivity contribution is -0.137. The van der Waals surface area contributed by atoms with Crippen molar-refractivity contribution in [3.05, 3.63) is 35.1 Å². The maximum atomic E-state index is 13.2. The highest BCUT2D eigenvalue weighted by Crippen LogP contribution is 2.30. The predicted molar refractivity (Wildman–Crippen MR) is 56.8 cm³/mol. The summed E-state index contributed by atoms with van der Waals surface area (Å²) in [5, 5.41) is 2.83. The number of hydrogen-bond acceptors (Lipinski definition) is 2. The molecule has 1 aromatic carbocycles. The summed E-state index contributed by atoms with van der Waals surface area (Å²) in [5.74, 6) is -0.641. The Hall–Kier alpha value is -1.14. The van der Waals surface area contributed by atoms with Crippen molar-refractivity contribution in [1.29, 1.82) is 0 Å². The van der Waals surface area contributed by atoms with Crippen LogP contribution in [0.3, 0.4) is 0 Å². The average molecular weight is 250 g/mol. The molecule has 0 aliphatic carbocycles. The third-order valence-corrected chi connectivity index (χ3v) is 2.25. The van der Waals surface area contributed by atoms with Crippen LogP contribution in [-0.2, 0) is 12.7 Å². The lowest BCUT2D eigenvalue weighted by Gasteiger charge is -2.10. The molecule has 1 aromatic rings. The van der Waals surface area contributed by atoms with Gasteiger partial charge in [0.2, 0.25) is 0 Å². The molecule has 0 heterocycles. The molecule has 0 atom stereocenters. The first kappa shape index (κ1) is 13.9. The summed E-state index contributed by atoms with van der Waals surface area (Å²) in [5.41, 5.74) is 4.43. The van der Waals surface area contributed by atoms with E-state index in [9.17, 15) is 17.6 Å². The largest absolute Gasteiger partial charge is 0.416 e. The second kappa shape index (κ2) is 5.97. The highest BCUT2D eigenvalue weighted by Gasteiger charge is 2.30. The van der Waals surface area contributed by atoms with Crippen molar-refractivity contribution in [2.75, 3.05) is 13.1 Å². The maximum absolute atomic E-state index is 13.2. The van der Waals surface area contributed by atoms with Crippen LogP contribution in [0.15, 0.2) is 18.2 Å². The van der Waals surface area contributed by atoms with E-state index in [1.165, 1.54) is 0 Å². The molecule has 0 radical (unpaired) electrons. The van der Waals surface area contributed by atoms with Crippen molar-refractivity contribution in [2.24, 2.45) is 5.73 Å². The molecule has 0 aromatic heterocycles. The van der Waals surface area contributed by atoms with Crippen molar-refractivity contribution in [1.82, 2.24) is 5.32 Å². The van der Waals surface area contributed by atoms with Gasteiger partial charge in [-0.15, -0.1) is 0 Å². The molecule has 0 bridgehead atoms. The minimum Gasteiger partial charge on any atom is -0.330 e. The molecular formula is C11H14F4N2. The molecule has 6 heteroatoms. The molecule has 0 aliphatic rings. The zero-order valence-corrected chi connectivity index (χ0v) is 9.15. The van der Waals surface area contributed by atoms with E-state index in [0.717, 1.165) is 18.2 Å². The van der Waals surface area contributed by atoms with Crippen molar-refractivity contribution in [2.45, 2.75) is 19.1 Å². The fourth-order valence-electron chi connectivity index (χ4n) is 1.34. The topological polar surface area (TPSA) is 38.0 Å². The summed E-state index contributed by atoms with van der Waals surface area (Å²) in [4.78, 5) is 0. The van der Waals surface area contributed by atoms with Crippen LogP contribution in [0.1, 0.15) is 17.5 Å². The smallest absolute Gasteiger partial charge is 0.330 e. The molecule has 0 fully saturated rings. The van der Waals surface area contributed by atoms with Crippen LogP contribution in [0.2, 0.25) is 0 Å². The van der Waals surface area contributed by atoms with Crippen LogP contribution in [0.5, 0.6) is 0 Å². The Balaban J connectivity index is 2.70. The summed E-state index contributed by atoms with van der Waals surface area (Å²) in [6.45, 7) is 1.10. The van der Waals surface area contributed by atoms with E-state index in [2.05, 4.69) is 5.32 Å². The van der Waals surface area contributed by atoms with Gasteiger partial charge < -0.3 is 11.1 Å². The quantitative estimate of drug-likeness (QED) is 0.621. The van der Waals surface area contributed by atoms with Crippen LogP contribution < -0.4 is 11.1 Å². The summed E-state index contributed by atoms with van der Waals surface area (Å²) in [6, 6.07) is 2.40. The standard InChI is InChI=1S/C11H14F4N2/c12-10-3-2-9(11(13,14)15)6-8(10)7-17-5-1-4-16/h2-3,6,17H,1,4-5,7,16H2. The Morgan fingerprint density at radius 2 is 1.94 bits per heavy atom. The van der Waals surface area contributed by atoms with Crippen molar-refractivity contribution < 1.29 is 17.6 Å². The predicted octanol–water partition coefficient (Wildman–Crippen LogP) is 2.28. The molecule has 2 nitrogen and oxygen atoms in total. The Morgan fingerprint density at radius 1 is 1.24 bits per heavy atom. The molecule has 0 amide bonds. The van der Waals surface area contributed by atoms with Crippen molar-refractivity contribution >= 4 is 0 Å². The van der Waals surface area contributed by atoms with E-state index in [-0.39, 0.29) is 12.1 Å². The molecular weight excluding hydrogens is 236 g/mol. The lowest BCUT2D eigenvalue weighted by Crippen LogP contribution is -2.19. The summed E-state index contributed by atoms with van der Waals surface area (Å²) in [6.07, 6.45) is -3.75. The van der Waals surface area contributed by atoms with E-state index in [1.807, 2.05) is 0 Å². The van der Waals surface area contributed by atoms with Gasteiger partial charge in [0.25, 0.3) is 0 Å². The van der Waals surface area contributed by atoms with E-state index in [0.29, 0.717) is 19.5 Å². The minimum absolute atomic E-state index is 0.0110. The van der Waals surface area contributed by atoms with Gasteiger partial charge in [-0.1, -0.05) is 0 Å². The van der Waals surface area contributed by atoms with Gasteiger partial charge in [-0.25, -0.2) is 4.39 Å². The van der Waals surface area contributed by atoms with E-state index in [4.69, 9.17) is 5.73 Å². The molecule has 0 unspecified atom stereocenters. The first-order chi connectivity index (χ1) is 7.95. The summed E-state index contributed by atoms with van der Waals surface area (Å²) >= 11 is 0. The molecule has 0 aliphatic heterocycles. The number of hydrogen-bond donors (Lipinski definition) is 2. The van der Waals surface area contributed by atoms with Gasteiger partial charge in [0.1, 0.15) is 5.82 Å². The van der Waals surface area contributed by atoms with Crippen molar-refractivity contribution in [3.63, 3.8) is 0 Å². The number of benzene rings is 1. The Bertz CT molecular complexity index is 363. The van der Waals surface area contributed by atoms with Crippen LogP contribution in [0, 0.1) is 5.82 Å². The van der Waals surface area contributed by atoms with Crippen molar-refractivity contribution in [3.8, 4) is 0 Å². The highest BCUT2D eigenvalue weighted by molar-refractivity contribution is 5.27. The first-order valence-electron chi connectivity index (χ1n) is 5.21. The minimum atomic E-state index is -4.44. The summed E-state index contributed by atoms with van der Waals surface area (Å²) < 4.78 is 50.4. The fourth-order valence-corrected chi connectivity index (χ4v) is 1.34. The molecule has 0 saturated carbocycles. The van der Waals surface area contributed by atoms with E-state index in [1.54, 1.807) is 0 Å². The lowest BCUT2D eigenvalue weighted by atomic mass is 10.1. The molecule has 1 rings (SSSR count). The van der Waals surface area contributed by atoms with E-state index >= 15 is 0 Å².